The molecule has 1 aliphatic carbocycles. The summed E-state index contributed by atoms with van der Waals surface area (Å²) in [7, 11) is -3.88. The summed E-state index contributed by atoms with van der Waals surface area (Å²) >= 11 is 3.44. The fraction of sp³-hybridized carbons (Fsp3) is 0.400. The maximum absolute atomic E-state index is 10.8. The third kappa shape index (κ3) is 2.41. The van der Waals surface area contributed by atoms with Crippen LogP contribution in [0.5, 0.6) is 0 Å². The third-order valence-corrected chi connectivity index (χ3v) is 4.32. The molecule has 0 amide bonds. The van der Waals surface area contributed by atoms with Crippen molar-refractivity contribution in [1.29, 1.82) is 0 Å². The summed E-state index contributed by atoms with van der Waals surface area (Å²) in [6, 6.07) is 5.78. The zero-order chi connectivity index (χ0) is 11.1. The quantitative estimate of drug-likeness (QED) is 0.851. The largest absolute Gasteiger partial charge is 0.286 e. The van der Waals surface area contributed by atoms with Crippen LogP contribution in [-0.4, -0.2) is 18.7 Å². The fourth-order valence-corrected chi connectivity index (χ4v) is 3.56. The molecule has 5 heteroatoms. The van der Waals surface area contributed by atoms with Crippen LogP contribution in [0.25, 0.3) is 0 Å². The Bertz CT molecular complexity index is 481. The molecule has 2 rings (SSSR count). The number of fused-ring (bicyclic) bond motifs is 1. The van der Waals surface area contributed by atoms with E-state index in [1.165, 1.54) is 5.56 Å². The van der Waals surface area contributed by atoms with Gasteiger partial charge in [-0.1, -0.05) is 28.1 Å². The Morgan fingerprint density at radius 3 is 2.87 bits per heavy atom. The van der Waals surface area contributed by atoms with Gasteiger partial charge in [-0.05, 0) is 30.0 Å². The van der Waals surface area contributed by atoms with Crippen molar-refractivity contribution in [3.8, 4) is 0 Å². The molecule has 0 bridgehead atoms. The Morgan fingerprint density at radius 1 is 1.47 bits per heavy atom. The molecule has 15 heavy (non-hydrogen) atoms. The van der Waals surface area contributed by atoms with Gasteiger partial charge < -0.3 is 0 Å². The molecule has 1 aliphatic rings. The smallest absolute Gasteiger partial charge is 0.265 e. The monoisotopic (exact) mass is 290 g/mol. The van der Waals surface area contributed by atoms with E-state index in [-0.39, 0.29) is 11.7 Å². The van der Waals surface area contributed by atoms with Gasteiger partial charge in [-0.25, -0.2) is 0 Å². The highest BCUT2D eigenvalue weighted by Crippen LogP contribution is 2.37. The van der Waals surface area contributed by atoms with Crippen LogP contribution in [0.3, 0.4) is 0 Å². The highest BCUT2D eigenvalue weighted by molar-refractivity contribution is 9.10. The molecule has 0 saturated carbocycles. The zero-order valence-corrected chi connectivity index (χ0v) is 10.4. The van der Waals surface area contributed by atoms with Crippen LogP contribution in [0, 0.1) is 0 Å². The van der Waals surface area contributed by atoms with E-state index in [1.54, 1.807) is 0 Å². The maximum atomic E-state index is 10.8. The van der Waals surface area contributed by atoms with E-state index in [0.717, 1.165) is 22.9 Å². The van der Waals surface area contributed by atoms with Gasteiger partial charge in [0.2, 0.25) is 0 Å². The molecule has 0 heterocycles. The highest BCUT2D eigenvalue weighted by Gasteiger charge is 2.27. The Hall–Kier alpha value is -0.390. The zero-order valence-electron chi connectivity index (χ0n) is 7.98. The molecular weight excluding hydrogens is 280 g/mol. The molecule has 0 fully saturated rings. The van der Waals surface area contributed by atoms with E-state index < -0.39 is 10.1 Å². The number of hydrogen-bond acceptors (Lipinski definition) is 2. The van der Waals surface area contributed by atoms with Gasteiger partial charge in [-0.15, -0.1) is 0 Å². The first-order valence-corrected chi connectivity index (χ1v) is 7.10. The van der Waals surface area contributed by atoms with Crippen LogP contribution in [0.4, 0.5) is 0 Å². The Morgan fingerprint density at radius 2 is 2.20 bits per heavy atom. The van der Waals surface area contributed by atoms with Gasteiger partial charge in [-0.3, -0.25) is 4.55 Å². The van der Waals surface area contributed by atoms with Gasteiger partial charge >= 0.3 is 0 Å². The van der Waals surface area contributed by atoms with Crippen LogP contribution in [0.2, 0.25) is 0 Å². The average molecular weight is 291 g/mol. The lowest BCUT2D eigenvalue weighted by atomic mass is 10.0. The number of benzene rings is 1. The molecule has 0 saturated heterocycles. The Labute approximate surface area is 97.4 Å². The van der Waals surface area contributed by atoms with E-state index >= 15 is 0 Å². The van der Waals surface area contributed by atoms with E-state index in [2.05, 4.69) is 15.9 Å². The van der Waals surface area contributed by atoms with Crippen molar-refractivity contribution >= 4 is 26.0 Å². The first-order valence-electron chi connectivity index (χ1n) is 4.70. The lowest BCUT2D eigenvalue weighted by molar-refractivity contribution is 0.476. The van der Waals surface area contributed by atoms with Gasteiger partial charge in [-0.2, -0.15) is 8.42 Å². The summed E-state index contributed by atoms with van der Waals surface area (Å²) in [6.07, 6.45) is 1.66. The highest BCUT2D eigenvalue weighted by atomic mass is 79.9. The van der Waals surface area contributed by atoms with Crippen molar-refractivity contribution in [1.82, 2.24) is 0 Å². The van der Waals surface area contributed by atoms with E-state index in [9.17, 15) is 8.42 Å². The lowest BCUT2D eigenvalue weighted by Crippen LogP contribution is -2.11. The first kappa shape index (κ1) is 11.1. The Kier molecular flexibility index (Phi) is 2.87. The van der Waals surface area contributed by atoms with Gasteiger partial charge in [0.1, 0.15) is 0 Å². The summed E-state index contributed by atoms with van der Waals surface area (Å²) in [5.41, 5.74) is 2.22. The summed E-state index contributed by atoms with van der Waals surface area (Å²) in [5.74, 6) is -0.233. The minimum Gasteiger partial charge on any atom is -0.286 e. The summed E-state index contributed by atoms with van der Waals surface area (Å²) < 4.78 is 31.5. The van der Waals surface area contributed by atoms with Crippen LogP contribution in [0.1, 0.15) is 23.5 Å². The number of halogens is 1. The summed E-state index contributed by atoms with van der Waals surface area (Å²) in [4.78, 5) is 0. The van der Waals surface area contributed by atoms with Crippen molar-refractivity contribution < 1.29 is 13.0 Å². The van der Waals surface area contributed by atoms with E-state index in [4.69, 9.17) is 4.55 Å². The molecule has 1 atom stereocenters. The normalized spacial score (nSPS) is 20.3. The second kappa shape index (κ2) is 3.88. The third-order valence-electron chi connectivity index (χ3n) is 2.75. The van der Waals surface area contributed by atoms with Gasteiger partial charge in [0, 0.05) is 10.4 Å². The van der Waals surface area contributed by atoms with Crippen LogP contribution < -0.4 is 0 Å². The molecular formula is C10H11BrO3S. The SMILES string of the molecule is O=S(=O)(O)CC1CCc2c(Br)cccc21. The van der Waals surface area contributed by atoms with Gasteiger partial charge in [0.25, 0.3) is 10.1 Å². The molecule has 1 aromatic carbocycles. The molecule has 1 unspecified atom stereocenters. The summed E-state index contributed by atoms with van der Waals surface area (Å²) in [5, 5.41) is 0. The van der Waals surface area contributed by atoms with Crippen molar-refractivity contribution in [3.63, 3.8) is 0 Å². The van der Waals surface area contributed by atoms with E-state index in [1.807, 2.05) is 18.2 Å². The molecule has 82 valence electrons. The number of rotatable bonds is 2. The van der Waals surface area contributed by atoms with E-state index in [0.29, 0.717) is 0 Å². The Balaban J connectivity index is 2.33. The van der Waals surface area contributed by atoms with Crippen molar-refractivity contribution in [2.45, 2.75) is 18.8 Å². The second-order valence-electron chi connectivity index (χ2n) is 3.79. The second-order valence-corrected chi connectivity index (χ2v) is 6.14. The van der Waals surface area contributed by atoms with Gasteiger partial charge in [0.15, 0.2) is 0 Å². The minimum atomic E-state index is -3.88. The molecule has 0 spiro atoms. The molecule has 0 aliphatic heterocycles. The first-order chi connectivity index (χ1) is 6.97. The topological polar surface area (TPSA) is 54.4 Å². The van der Waals surface area contributed by atoms with Crippen LogP contribution in [-0.2, 0) is 16.5 Å². The van der Waals surface area contributed by atoms with Crippen LogP contribution >= 0.6 is 15.9 Å². The predicted octanol–water partition coefficient (Wildman–Crippen LogP) is 2.37. The van der Waals surface area contributed by atoms with Crippen LogP contribution in [0.15, 0.2) is 22.7 Å². The average Bonchev–Trinajstić information content (AvgIpc) is 2.48. The summed E-state index contributed by atoms with van der Waals surface area (Å²) in [6.45, 7) is 0. The number of hydrogen-bond donors (Lipinski definition) is 1. The standard InChI is InChI=1S/C10H11BrO3S/c11-10-3-1-2-8-7(4-5-9(8)10)6-15(12,13)14/h1-3,7H,4-6H2,(H,12,13,14). The molecule has 1 aromatic rings. The van der Waals surface area contributed by atoms with Crippen molar-refractivity contribution in [2.75, 3.05) is 5.75 Å². The molecule has 0 radical (unpaired) electrons. The predicted molar refractivity (Wildman–Crippen MR) is 61.6 cm³/mol. The molecule has 0 aromatic heterocycles. The lowest BCUT2D eigenvalue weighted by Gasteiger charge is -2.09. The van der Waals surface area contributed by atoms with Crippen molar-refractivity contribution in [2.24, 2.45) is 0 Å². The fourth-order valence-electron chi connectivity index (χ4n) is 2.12. The van der Waals surface area contributed by atoms with Gasteiger partial charge in [0.05, 0.1) is 5.75 Å². The van der Waals surface area contributed by atoms with Crippen molar-refractivity contribution in [3.05, 3.63) is 33.8 Å². The maximum Gasteiger partial charge on any atom is 0.265 e. The molecule has 1 N–H and O–H groups in total. The molecule has 3 nitrogen and oxygen atoms in total. The minimum absolute atomic E-state index is 0.0625.